The van der Waals surface area contributed by atoms with Gasteiger partial charge in [0.25, 0.3) is 0 Å². The Kier molecular flexibility index (Phi) is 9.86. The fourth-order valence-corrected chi connectivity index (χ4v) is 3.91. The summed E-state index contributed by atoms with van der Waals surface area (Å²) in [7, 11) is 0. The van der Waals surface area contributed by atoms with Gasteiger partial charge in [-0.15, -0.1) is 0 Å². The summed E-state index contributed by atoms with van der Waals surface area (Å²) in [6, 6.07) is 21.9. The zero-order valence-electron chi connectivity index (χ0n) is 19.0. The molecule has 0 aliphatic heterocycles. The van der Waals surface area contributed by atoms with E-state index >= 15 is 0 Å². The highest BCUT2D eigenvalue weighted by Crippen LogP contribution is 2.15. The first-order chi connectivity index (χ1) is 15.6. The standard InChI is InChI=1S/C30H32ClF/c1-2-3-4-5-6-7-8-24-9-11-25(12-10-24)13-14-26-15-17-27(18-16-26)19-20-28-21-22-29(31)23-30(28)32/h9-12,15-18,21-23H,2-8,13-14H2,1H3. The van der Waals surface area contributed by atoms with Crippen molar-refractivity contribution in [1.29, 1.82) is 0 Å². The molecule has 0 N–H and O–H groups in total. The maximum absolute atomic E-state index is 13.8. The molecule has 0 atom stereocenters. The molecule has 0 amide bonds. The highest BCUT2D eigenvalue weighted by atomic mass is 35.5. The van der Waals surface area contributed by atoms with E-state index in [-0.39, 0.29) is 5.82 Å². The van der Waals surface area contributed by atoms with Gasteiger partial charge in [-0.05, 0) is 72.7 Å². The number of rotatable bonds is 10. The molecule has 32 heavy (non-hydrogen) atoms. The van der Waals surface area contributed by atoms with Crippen molar-refractivity contribution >= 4 is 11.6 Å². The van der Waals surface area contributed by atoms with Crippen LogP contribution in [0.2, 0.25) is 5.02 Å². The van der Waals surface area contributed by atoms with Gasteiger partial charge in [0.05, 0.1) is 5.56 Å². The number of halogens is 2. The monoisotopic (exact) mass is 446 g/mol. The lowest BCUT2D eigenvalue weighted by molar-refractivity contribution is 0.607. The minimum Gasteiger partial charge on any atom is -0.206 e. The van der Waals surface area contributed by atoms with Gasteiger partial charge in [-0.25, -0.2) is 4.39 Å². The first-order valence-electron chi connectivity index (χ1n) is 11.8. The van der Waals surface area contributed by atoms with E-state index in [0.717, 1.165) is 18.4 Å². The van der Waals surface area contributed by atoms with Gasteiger partial charge in [-0.2, -0.15) is 0 Å². The van der Waals surface area contributed by atoms with E-state index in [4.69, 9.17) is 11.6 Å². The third-order valence-corrected chi connectivity index (χ3v) is 6.01. The van der Waals surface area contributed by atoms with Crippen LogP contribution in [0.3, 0.4) is 0 Å². The minimum absolute atomic E-state index is 0.360. The third kappa shape index (κ3) is 8.18. The second kappa shape index (κ2) is 13.1. The second-order valence-electron chi connectivity index (χ2n) is 8.41. The molecule has 166 valence electrons. The Balaban J connectivity index is 1.44. The molecule has 2 heteroatoms. The molecule has 0 saturated heterocycles. The molecule has 0 heterocycles. The molecule has 0 unspecified atom stereocenters. The summed E-state index contributed by atoms with van der Waals surface area (Å²) in [6.07, 6.45) is 11.3. The summed E-state index contributed by atoms with van der Waals surface area (Å²) < 4.78 is 13.8. The zero-order valence-corrected chi connectivity index (χ0v) is 19.7. The van der Waals surface area contributed by atoms with E-state index in [2.05, 4.69) is 55.2 Å². The van der Waals surface area contributed by atoms with Crippen LogP contribution >= 0.6 is 11.6 Å². The Hall–Kier alpha value is -2.56. The molecule has 3 aromatic rings. The van der Waals surface area contributed by atoms with E-state index in [1.54, 1.807) is 12.1 Å². The van der Waals surface area contributed by atoms with Crippen LogP contribution in [-0.4, -0.2) is 0 Å². The third-order valence-electron chi connectivity index (χ3n) is 5.77. The second-order valence-corrected chi connectivity index (χ2v) is 8.84. The lowest BCUT2D eigenvalue weighted by Gasteiger charge is -2.06. The topological polar surface area (TPSA) is 0 Å². The van der Waals surface area contributed by atoms with Gasteiger partial charge in [-0.3, -0.25) is 0 Å². The fourth-order valence-electron chi connectivity index (χ4n) is 3.76. The predicted octanol–water partition coefficient (Wildman–Crippen LogP) is 8.57. The Morgan fingerprint density at radius 1 is 0.656 bits per heavy atom. The Morgan fingerprint density at radius 3 is 1.84 bits per heavy atom. The number of aryl methyl sites for hydroxylation is 3. The maximum Gasteiger partial charge on any atom is 0.140 e. The molecule has 0 fully saturated rings. The summed E-state index contributed by atoms with van der Waals surface area (Å²) >= 11 is 5.78. The molecular formula is C30H32ClF. The van der Waals surface area contributed by atoms with Crippen molar-refractivity contribution < 1.29 is 4.39 Å². The van der Waals surface area contributed by atoms with E-state index in [0.29, 0.717) is 10.6 Å². The minimum atomic E-state index is -0.389. The summed E-state index contributed by atoms with van der Waals surface area (Å²) in [6.45, 7) is 2.26. The Labute approximate surface area is 197 Å². The molecule has 0 radical (unpaired) electrons. The van der Waals surface area contributed by atoms with Gasteiger partial charge in [-0.1, -0.05) is 98.9 Å². The largest absolute Gasteiger partial charge is 0.206 e. The highest BCUT2D eigenvalue weighted by molar-refractivity contribution is 6.30. The molecule has 3 rings (SSSR count). The predicted molar refractivity (Wildman–Crippen MR) is 135 cm³/mol. The quantitative estimate of drug-likeness (QED) is 0.216. The fraction of sp³-hybridized carbons (Fsp3) is 0.333. The summed E-state index contributed by atoms with van der Waals surface area (Å²) in [4.78, 5) is 0. The van der Waals surface area contributed by atoms with Crippen molar-refractivity contribution in [3.63, 3.8) is 0 Å². The molecule has 3 aromatic carbocycles. The van der Waals surface area contributed by atoms with Gasteiger partial charge in [0.15, 0.2) is 0 Å². The average Bonchev–Trinajstić information content (AvgIpc) is 2.81. The van der Waals surface area contributed by atoms with Crippen LogP contribution < -0.4 is 0 Å². The van der Waals surface area contributed by atoms with E-state index in [9.17, 15) is 4.39 Å². The van der Waals surface area contributed by atoms with Crippen LogP contribution in [0.1, 0.15) is 73.3 Å². The normalized spacial score (nSPS) is 10.6. The van der Waals surface area contributed by atoms with Crippen LogP contribution in [0.25, 0.3) is 0 Å². The van der Waals surface area contributed by atoms with Crippen molar-refractivity contribution in [2.75, 3.05) is 0 Å². The Morgan fingerprint density at radius 2 is 1.22 bits per heavy atom. The van der Waals surface area contributed by atoms with Crippen molar-refractivity contribution in [2.24, 2.45) is 0 Å². The van der Waals surface area contributed by atoms with Crippen LogP contribution in [0.4, 0.5) is 4.39 Å². The van der Waals surface area contributed by atoms with Gasteiger partial charge in [0, 0.05) is 10.6 Å². The first kappa shape index (κ1) is 24.1. The number of hydrogen-bond donors (Lipinski definition) is 0. The van der Waals surface area contributed by atoms with E-state index in [1.807, 2.05) is 12.1 Å². The van der Waals surface area contributed by atoms with Gasteiger partial charge >= 0.3 is 0 Å². The summed E-state index contributed by atoms with van der Waals surface area (Å²) in [5.41, 5.74) is 5.34. The number of benzene rings is 3. The van der Waals surface area contributed by atoms with Crippen molar-refractivity contribution in [3.05, 3.63) is 105 Å². The highest BCUT2D eigenvalue weighted by Gasteiger charge is 2.01. The molecule has 0 spiro atoms. The number of hydrogen-bond acceptors (Lipinski definition) is 0. The summed E-state index contributed by atoms with van der Waals surface area (Å²) in [5, 5.41) is 0.379. The average molecular weight is 447 g/mol. The molecular weight excluding hydrogens is 415 g/mol. The molecule has 0 aromatic heterocycles. The SMILES string of the molecule is CCCCCCCCc1ccc(CCc2ccc(C#Cc3ccc(Cl)cc3F)cc2)cc1. The van der Waals surface area contributed by atoms with Crippen molar-refractivity contribution in [2.45, 2.75) is 64.7 Å². The van der Waals surface area contributed by atoms with Crippen molar-refractivity contribution in [1.82, 2.24) is 0 Å². The first-order valence-corrected chi connectivity index (χ1v) is 12.2. The molecule has 0 nitrogen and oxygen atoms in total. The van der Waals surface area contributed by atoms with E-state index < -0.39 is 0 Å². The van der Waals surface area contributed by atoms with Crippen LogP contribution in [0.5, 0.6) is 0 Å². The van der Waals surface area contributed by atoms with Crippen LogP contribution in [0, 0.1) is 17.7 Å². The lowest BCUT2D eigenvalue weighted by Crippen LogP contribution is -1.93. The van der Waals surface area contributed by atoms with Gasteiger partial charge < -0.3 is 0 Å². The van der Waals surface area contributed by atoms with Gasteiger partial charge in [0.2, 0.25) is 0 Å². The maximum atomic E-state index is 13.8. The molecule has 0 bridgehead atoms. The lowest BCUT2D eigenvalue weighted by atomic mass is 10.00. The smallest absolute Gasteiger partial charge is 0.140 e. The Bertz CT molecular complexity index is 1020. The zero-order chi connectivity index (χ0) is 22.6. The molecule has 0 aliphatic rings. The summed E-state index contributed by atoms with van der Waals surface area (Å²) in [5.74, 6) is 5.52. The molecule has 0 saturated carbocycles. The van der Waals surface area contributed by atoms with Crippen molar-refractivity contribution in [3.8, 4) is 11.8 Å². The van der Waals surface area contributed by atoms with Crippen LogP contribution in [0.15, 0.2) is 66.7 Å². The van der Waals surface area contributed by atoms with E-state index in [1.165, 1.54) is 67.7 Å². The number of unbranched alkanes of at least 4 members (excludes halogenated alkanes) is 5. The van der Waals surface area contributed by atoms with Gasteiger partial charge in [0.1, 0.15) is 5.82 Å². The molecule has 0 aliphatic carbocycles. The van der Waals surface area contributed by atoms with Crippen LogP contribution in [-0.2, 0) is 19.3 Å².